The Morgan fingerprint density at radius 3 is 1.26 bits per heavy atom. The lowest BCUT2D eigenvalue weighted by atomic mass is 9.66. The molecule has 0 aliphatic carbocycles. The van der Waals surface area contributed by atoms with Crippen LogP contribution in [0.4, 0.5) is 4.70 Å². The Labute approximate surface area is 113 Å². The van der Waals surface area contributed by atoms with Gasteiger partial charge in [-0.1, -0.05) is 41.5 Å². The molecular weight excluding hydrogens is 298 g/mol. The molecule has 0 radical (unpaired) electrons. The minimum Gasteiger partial charge on any atom is -0.324 e. The zero-order chi connectivity index (χ0) is 15.2. The van der Waals surface area contributed by atoms with Gasteiger partial charge in [-0.05, 0) is 10.8 Å². The van der Waals surface area contributed by atoms with E-state index in [0.717, 1.165) is 0 Å². The zero-order valence-corrected chi connectivity index (χ0v) is 13.7. The van der Waals surface area contributed by atoms with Crippen molar-refractivity contribution in [3.8, 4) is 0 Å². The van der Waals surface area contributed by atoms with Crippen LogP contribution >= 0.6 is 7.60 Å². The fourth-order valence-electron chi connectivity index (χ4n) is 2.74. The molecule has 9 heteroatoms. The highest BCUT2D eigenvalue weighted by Gasteiger charge is 2.62. The lowest BCUT2D eigenvalue weighted by Gasteiger charge is -2.50. The monoisotopic (exact) mass is 322 g/mol. The van der Waals surface area contributed by atoms with Gasteiger partial charge in [-0.3, -0.25) is 13.8 Å². The summed E-state index contributed by atoms with van der Waals surface area (Å²) >= 11 is 0. The molecule has 0 aliphatic rings. The highest BCUT2D eigenvalue weighted by atomic mass is 32.2. The molecule has 19 heavy (non-hydrogen) atoms. The number of hydrogen-bond acceptors (Lipinski definition) is 3. The molecule has 0 atom stereocenters. The number of halogens is 1. The average Bonchev–Trinajstić information content (AvgIpc) is 1.90. The Bertz CT molecular complexity index is 439. The first-order chi connectivity index (χ1) is 7.46. The summed E-state index contributed by atoms with van der Waals surface area (Å²) in [6, 6.07) is 0. The summed E-state index contributed by atoms with van der Waals surface area (Å²) < 4.78 is 42.6. The molecule has 0 spiro atoms. The zero-order valence-electron chi connectivity index (χ0n) is 12.0. The predicted molar refractivity (Wildman–Crippen MR) is 72.6 cm³/mol. The maximum atomic E-state index is 11.8. The third kappa shape index (κ3) is 4.23. The van der Waals surface area contributed by atoms with E-state index in [1.54, 1.807) is 41.5 Å². The predicted octanol–water partition coefficient (Wildman–Crippen LogP) is 2.04. The highest BCUT2D eigenvalue weighted by Crippen LogP contribution is 2.56. The second kappa shape index (κ2) is 5.41. The molecule has 0 saturated heterocycles. The second-order valence-corrected chi connectivity index (χ2v) is 9.92. The third-order valence-corrected chi connectivity index (χ3v) is 6.64. The Kier molecular flexibility index (Phi) is 6.06. The van der Waals surface area contributed by atoms with E-state index in [1.807, 2.05) is 0 Å². The molecule has 0 bridgehead atoms. The van der Waals surface area contributed by atoms with Crippen LogP contribution in [0.1, 0.15) is 41.5 Å². The van der Waals surface area contributed by atoms with E-state index in [2.05, 4.69) is 0 Å². The molecule has 0 heterocycles. The molecule has 0 unspecified atom stereocenters. The first-order valence-electron chi connectivity index (χ1n) is 5.47. The first-order valence-corrected chi connectivity index (χ1v) is 8.71. The number of hydrogen-bond donors (Lipinski definition) is 3. The summed E-state index contributed by atoms with van der Waals surface area (Å²) in [4.78, 5) is 18.4. The van der Waals surface area contributed by atoms with Crippen LogP contribution in [-0.4, -0.2) is 33.7 Å². The van der Waals surface area contributed by atoms with E-state index in [1.165, 1.54) is 0 Å². The van der Waals surface area contributed by atoms with Crippen molar-refractivity contribution < 1.29 is 32.0 Å². The van der Waals surface area contributed by atoms with Crippen molar-refractivity contribution in [1.82, 2.24) is 0 Å². The van der Waals surface area contributed by atoms with Crippen LogP contribution < -0.4 is 0 Å². The van der Waals surface area contributed by atoms with Crippen molar-refractivity contribution >= 4 is 17.7 Å². The lowest BCUT2D eigenvalue weighted by molar-refractivity contribution is 0.133. The van der Waals surface area contributed by atoms with E-state index >= 15 is 0 Å². The van der Waals surface area contributed by atoms with Crippen LogP contribution in [0, 0.1) is 10.8 Å². The molecule has 0 rings (SSSR count). The van der Waals surface area contributed by atoms with Gasteiger partial charge in [-0.25, -0.2) is 0 Å². The first kappa shape index (κ1) is 21.3. The fourth-order valence-corrected chi connectivity index (χ4v) is 6.98. The molecule has 0 aromatic rings. The number of rotatable bonds is 3. The fraction of sp³-hybridized carbons (Fsp3) is 1.00. The molecule has 118 valence electrons. The molecule has 0 amide bonds. The molecule has 0 aromatic carbocycles. The average molecular weight is 322 g/mol. The van der Waals surface area contributed by atoms with E-state index < -0.39 is 39.5 Å². The highest BCUT2D eigenvalue weighted by molar-refractivity contribution is 7.87. The van der Waals surface area contributed by atoms with Gasteiger partial charge in [0.2, 0.25) is 0 Å². The Hall–Kier alpha value is -0.0100. The molecule has 6 nitrogen and oxygen atoms in total. The maximum absolute atomic E-state index is 11.8. The van der Waals surface area contributed by atoms with Crippen molar-refractivity contribution in [3.63, 3.8) is 0 Å². The Morgan fingerprint density at radius 1 is 0.947 bits per heavy atom. The van der Waals surface area contributed by atoms with Crippen LogP contribution in [0.25, 0.3) is 0 Å². The summed E-state index contributed by atoms with van der Waals surface area (Å²) in [5.74, 6) is 0. The Balaban J connectivity index is 0. The molecule has 0 aliphatic heterocycles. The quantitative estimate of drug-likeness (QED) is 0.541. The van der Waals surface area contributed by atoms with Crippen LogP contribution in [0.3, 0.4) is 0 Å². The largest absolute Gasteiger partial charge is 0.327 e. The van der Waals surface area contributed by atoms with Gasteiger partial charge >= 0.3 is 7.60 Å². The summed E-state index contributed by atoms with van der Waals surface area (Å²) in [6.45, 7) is 9.26. The standard InChI is InChI=1S/C10H23O6PS.FH/c1-8(2,3)10(9(4,5)6,18(14,15)16)7-17(11,12)13;/h7H2,1-6H3,(H2,11,12,13)(H,14,15,16);1H. The van der Waals surface area contributed by atoms with Crippen molar-refractivity contribution in [2.75, 3.05) is 6.16 Å². The van der Waals surface area contributed by atoms with Gasteiger partial charge in [0.1, 0.15) is 4.75 Å². The van der Waals surface area contributed by atoms with Crippen molar-refractivity contribution in [2.45, 2.75) is 46.3 Å². The van der Waals surface area contributed by atoms with E-state index in [4.69, 9.17) is 0 Å². The summed E-state index contributed by atoms with van der Waals surface area (Å²) in [5.41, 5.74) is -2.08. The molecule has 0 fully saturated rings. The van der Waals surface area contributed by atoms with Crippen LogP contribution in [0.5, 0.6) is 0 Å². The third-order valence-electron chi connectivity index (χ3n) is 3.29. The van der Waals surface area contributed by atoms with E-state index in [-0.39, 0.29) is 4.70 Å². The van der Waals surface area contributed by atoms with Crippen LogP contribution in [0.2, 0.25) is 0 Å². The maximum Gasteiger partial charge on any atom is 0.327 e. The SMILES string of the molecule is CC(C)(C)C(CP(=O)(O)O)(C(C)(C)C)S(=O)(=O)O.F. The van der Waals surface area contributed by atoms with Crippen molar-refractivity contribution in [2.24, 2.45) is 10.8 Å². The van der Waals surface area contributed by atoms with Crippen LogP contribution in [-0.2, 0) is 14.7 Å². The lowest BCUT2D eigenvalue weighted by Crippen LogP contribution is -2.60. The van der Waals surface area contributed by atoms with Crippen molar-refractivity contribution in [3.05, 3.63) is 0 Å². The van der Waals surface area contributed by atoms with Gasteiger partial charge in [0.15, 0.2) is 0 Å². The molecule has 3 N–H and O–H groups in total. The van der Waals surface area contributed by atoms with Gasteiger partial charge in [-0.15, -0.1) is 0 Å². The Morgan fingerprint density at radius 2 is 1.21 bits per heavy atom. The van der Waals surface area contributed by atoms with E-state index in [9.17, 15) is 27.3 Å². The minimum atomic E-state index is -4.67. The van der Waals surface area contributed by atoms with Gasteiger partial charge < -0.3 is 9.79 Å². The normalized spacial score (nSPS) is 15.0. The summed E-state index contributed by atoms with van der Waals surface area (Å²) in [5, 5.41) is 0. The van der Waals surface area contributed by atoms with Crippen molar-refractivity contribution in [1.29, 1.82) is 0 Å². The molecule has 0 saturated carbocycles. The van der Waals surface area contributed by atoms with Crippen LogP contribution in [0.15, 0.2) is 0 Å². The summed E-state index contributed by atoms with van der Waals surface area (Å²) in [7, 11) is -9.28. The second-order valence-electron chi connectivity index (χ2n) is 6.62. The van der Waals surface area contributed by atoms with Gasteiger partial charge in [0.25, 0.3) is 10.1 Å². The smallest absolute Gasteiger partial charge is 0.324 e. The minimum absolute atomic E-state index is 0. The molecule has 0 aromatic heterocycles. The van der Waals surface area contributed by atoms with Gasteiger partial charge in [0.05, 0.1) is 6.16 Å². The van der Waals surface area contributed by atoms with Gasteiger partial charge in [0, 0.05) is 0 Å². The van der Waals surface area contributed by atoms with E-state index in [0.29, 0.717) is 0 Å². The topological polar surface area (TPSA) is 112 Å². The van der Waals surface area contributed by atoms with Gasteiger partial charge in [-0.2, -0.15) is 8.42 Å². The molecular formula is C10H24FO6PS. The summed E-state index contributed by atoms with van der Waals surface area (Å²) in [6.07, 6.45) is -0.911.